The molecule has 0 aliphatic carbocycles. The Morgan fingerprint density at radius 3 is 2.49 bits per heavy atom. The van der Waals surface area contributed by atoms with Crippen molar-refractivity contribution >= 4 is 28.3 Å². The van der Waals surface area contributed by atoms with Crippen LogP contribution in [0.4, 0.5) is 5.00 Å². The van der Waals surface area contributed by atoms with Crippen LogP contribution in [0.1, 0.15) is 31.4 Å². The molecule has 1 aliphatic heterocycles. The molecule has 9 nitrogen and oxygen atoms in total. The van der Waals surface area contributed by atoms with Gasteiger partial charge in [0.1, 0.15) is 23.0 Å². The van der Waals surface area contributed by atoms with Crippen LogP contribution in [0.2, 0.25) is 0 Å². The Morgan fingerprint density at radius 2 is 1.80 bits per heavy atom. The average molecular weight is 495 g/mol. The molecule has 1 aliphatic rings. The summed E-state index contributed by atoms with van der Waals surface area (Å²) in [6.07, 6.45) is 0.369. The predicted molar refractivity (Wildman–Crippen MR) is 136 cm³/mol. The standard InChI is InChI=1S/C25H30N6O3S/c1-16(26-2)22(32)27-21(18-12-7-4-8-13-18)25(34)31-15-9-14-19(31)23(33)28-24-20(29-30-35-24)17-10-5-3-6-11-17/h3-8,10-13,16,19,21,23,26,28,33H,9,14-15H2,1-2H3,(H,27,32). The molecule has 4 N–H and O–H groups in total. The fraction of sp³-hybridized carbons (Fsp3) is 0.360. The summed E-state index contributed by atoms with van der Waals surface area (Å²) in [6.45, 7) is 2.23. The number of carbonyl (C=O) groups is 2. The van der Waals surface area contributed by atoms with Crippen LogP contribution in [0, 0.1) is 0 Å². The molecule has 3 aromatic rings. The van der Waals surface area contributed by atoms with Crippen LogP contribution in [0.5, 0.6) is 0 Å². The molecule has 35 heavy (non-hydrogen) atoms. The van der Waals surface area contributed by atoms with Gasteiger partial charge in [-0.2, -0.15) is 0 Å². The van der Waals surface area contributed by atoms with E-state index < -0.39 is 24.4 Å². The molecule has 184 valence electrons. The van der Waals surface area contributed by atoms with Crippen molar-refractivity contribution in [1.29, 1.82) is 0 Å². The molecular weight excluding hydrogens is 464 g/mol. The SMILES string of the molecule is CNC(C)C(=O)NC(C(=O)N1CCCC1C(O)Nc1snnc1-c1ccccc1)c1ccccc1. The van der Waals surface area contributed by atoms with Crippen LogP contribution in [0.3, 0.4) is 0 Å². The number of nitrogens with one attached hydrogen (secondary N) is 3. The lowest BCUT2D eigenvalue weighted by atomic mass is 10.0. The Morgan fingerprint density at radius 1 is 1.11 bits per heavy atom. The zero-order valence-corrected chi connectivity index (χ0v) is 20.5. The topological polar surface area (TPSA) is 119 Å². The van der Waals surface area contributed by atoms with Gasteiger partial charge in [0.2, 0.25) is 11.8 Å². The molecule has 0 bridgehead atoms. The number of anilines is 1. The van der Waals surface area contributed by atoms with Gasteiger partial charge in [-0.05, 0) is 32.4 Å². The van der Waals surface area contributed by atoms with Gasteiger partial charge in [0.15, 0.2) is 0 Å². The third-order valence-corrected chi connectivity index (χ3v) is 6.91. The Bertz CT molecular complexity index is 1130. The van der Waals surface area contributed by atoms with E-state index in [1.54, 1.807) is 18.9 Å². The van der Waals surface area contributed by atoms with E-state index in [1.165, 1.54) is 0 Å². The number of likely N-dealkylation sites (tertiary alicyclic amines) is 1. The first-order valence-electron chi connectivity index (χ1n) is 11.6. The second kappa shape index (κ2) is 11.4. The summed E-state index contributed by atoms with van der Waals surface area (Å²) < 4.78 is 4.04. The number of nitrogens with zero attached hydrogens (tertiary/aromatic N) is 3. The van der Waals surface area contributed by atoms with Gasteiger partial charge in [-0.15, -0.1) is 5.10 Å². The molecule has 0 spiro atoms. The van der Waals surface area contributed by atoms with E-state index in [0.717, 1.165) is 23.5 Å². The van der Waals surface area contributed by atoms with Crippen LogP contribution in [-0.4, -0.2) is 63.3 Å². The highest BCUT2D eigenvalue weighted by Crippen LogP contribution is 2.31. The van der Waals surface area contributed by atoms with E-state index in [-0.39, 0.29) is 11.8 Å². The Kier molecular flexibility index (Phi) is 8.06. The van der Waals surface area contributed by atoms with Crippen molar-refractivity contribution in [2.45, 2.75) is 44.1 Å². The first kappa shape index (κ1) is 24.8. The number of aliphatic hydroxyl groups excluding tert-OH is 1. The third kappa shape index (κ3) is 5.67. The highest BCUT2D eigenvalue weighted by Gasteiger charge is 2.38. The van der Waals surface area contributed by atoms with Crippen molar-refractivity contribution in [2.75, 3.05) is 18.9 Å². The second-order valence-electron chi connectivity index (χ2n) is 8.51. The molecule has 10 heteroatoms. The van der Waals surface area contributed by atoms with E-state index in [4.69, 9.17) is 0 Å². The predicted octanol–water partition coefficient (Wildman–Crippen LogP) is 2.39. The van der Waals surface area contributed by atoms with Crippen molar-refractivity contribution in [3.8, 4) is 11.3 Å². The van der Waals surface area contributed by atoms with Crippen molar-refractivity contribution in [2.24, 2.45) is 0 Å². The maximum Gasteiger partial charge on any atom is 0.250 e. The number of aromatic nitrogens is 2. The molecule has 4 rings (SSSR count). The van der Waals surface area contributed by atoms with Crippen LogP contribution in [-0.2, 0) is 9.59 Å². The number of rotatable bonds is 9. The van der Waals surface area contributed by atoms with Crippen molar-refractivity contribution in [1.82, 2.24) is 25.1 Å². The normalized spacial score (nSPS) is 18.0. The third-order valence-electron chi connectivity index (χ3n) is 6.25. The van der Waals surface area contributed by atoms with Gasteiger partial charge in [0.05, 0.1) is 12.1 Å². The first-order valence-corrected chi connectivity index (χ1v) is 12.4. The van der Waals surface area contributed by atoms with Crippen LogP contribution < -0.4 is 16.0 Å². The zero-order chi connectivity index (χ0) is 24.8. The van der Waals surface area contributed by atoms with Gasteiger partial charge in [-0.1, -0.05) is 65.2 Å². The minimum absolute atomic E-state index is 0.248. The number of hydrogen-bond donors (Lipinski definition) is 4. The summed E-state index contributed by atoms with van der Waals surface area (Å²) in [4.78, 5) is 28.0. The van der Waals surface area contributed by atoms with Gasteiger partial charge >= 0.3 is 0 Å². The van der Waals surface area contributed by atoms with E-state index in [1.807, 2.05) is 60.7 Å². The summed E-state index contributed by atoms with van der Waals surface area (Å²) >= 11 is 1.16. The van der Waals surface area contributed by atoms with E-state index in [2.05, 4.69) is 25.5 Å². The Balaban J connectivity index is 1.53. The van der Waals surface area contributed by atoms with E-state index in [0.29, 0.717) is 29.2 Å². The molecule has 1 saturated heterocycles. The van der Waals surface area contributed by atoms with Gasteiger partial charge in [-0.3, -0.25) is 9.59 Å². The molecule has 2 amide bonds. The van der Waals surface area contributed by atoms with Crippen LogP contribution >= 0.6 is 11.5 Å². The maximum absolute atomic E-state index is 13.7. The summed E-state index contributed by atoms with van der Waals surface area (Å²) in [5.41, 5.74) is 2.24. The second-order valence-corrected chi connectivity index (χ2v) is 9.26. The molecule has 0 saturated carbocycles. The number of carbonyl (C=O) groups excluding carboxylic acids is 2. The number of likely N-dealkylation sites (N-methyl/N-ethyl adjacent to an activating group) is 1. The average Bonchev–Trinajstić information content (AvgIpc) is 3.57. The van der Waals surface area contributed by atoms with Crippen molar-refractivity contribution < 1.29 is 14.7 Å². The molecule has 1 fully saturated rings. The molecule has 2 heterocycles. The van der Waals surface area contributed by atoms with Gasteiger partial charge in [0.25, 0.3) is 0 Å². The van der Waals surface area contributed by atoms with Gasteiger partial charge < -0.3 is 26.0 Å². The lowest BCUT2D eigenvalue weighted by Crippen LogP contribution is -2.52. The van der Waals surface area contributed by atoms with E-state index in [9.17, 15) is 14.7 Å². The summed E-state index contributed by atoms with van der Waals surface area (Å²) in [5.74, 6) is -0.519. The molecule has 1 aromatic heterocycles. The Labute approximate surface area is 208 Å². The summed E-state index contributed by atoms with van der Waals surface area (Å²) in [7, 11) is 1.69. The van der Waals surface area contributed by atoms with Crippen LogP contribution in [0.15, 0.2) is 60.7 Å². The fourth-order valence-corrected chi connectivity index (χ4v) is 4.82. The summed E-state index contributed by atoms with van der Waals surface area (Å²) in [6, 6.07) is 17.0. The van der Waals surface area contributed by atoms with Gasteiger partial charge in [-0.25, -0.2) is 0 Å². The lowest BCUT2D eigenvalue weighted by Gasteiger charge is -2.32. The van der Waals surface area contributed by atoms with Crippen LogP contribution in [0.25, 0.3) is 11.3 Å². The number of aliphatic hydroxyl groups is 1. The minimum Gasteiger partial charge on any atom is -0.372 e. The highest BCUT2D eigenvalue weighted by atomic mass is 32.1. The number of benzene rings is 2. The fourth-order valence-electron chi connectivity index (χ4n) is 4.19. The molecule has 4 atom stereocenters. The highest BCUT2D eigenvalue weighted by molar-refractivity contribution is 7.10. The van der Waals surface area contributed by atoms with Gasteiger partial charge in [0, 0.05) is 23.6 Å². The summed E-state index contributed by atoms with van der Waals surface area (Å²) in [5, 5.41) is 24.9. The number of hydrogen-bond acceptors (Lipinski definition) is 8. The lowest BCUT2D eigenvalue weighted by molar-refractivity contribution is -0.139. The Hall–Kier alpha value is -3.34. The molecular formula is C25H30N6O3S. The zero-order valence-electron chi connectivity index (χ0n) is 19.7. The smallest absolute Gasteiger partial charge is 0.250 e. The largest absolute Gasteiger partial charge is 0.372 e. The quantitative estimate of drug-likeness (QED) is 0.337. The monoisotopic (exact) mass is 494 g/mol. The van der Waals surface area contributed by atoms with Crippen molar-refractivity contribution in [3.63, 3.8) is 0 Å². The molecule has 2 aromatic carbocycles. The molecule has 4 unspecified atom stereocenters. The molecule has 0 radical (unpaired) electrons. The van der Waals surface area contributed by atoms with E-state index >= 15 is 0 Å². The number of amides is 2. The van der Waals surface area contributed by atoms with Crippen molar-refractivity contribution in [3.05, 3.63) is 66.2 Å². The minimum atomic E-state index is -1.02. The first-order chi connectivity index (χ1) is 17.0. The maximum atomic E-state index is 13.7.